The lowest BCUT2D eigenvalue weighted by atomic mass is 10.1. The standard InChI is InChI=1S/C17H24N4S/c1-12-8-13(2)10-16(9-12)19-17(22)18-6-5-7-21-15(4)11-14(3)20-21/h8-11H,5-7H2,1-4H3,(H2,18,19,22). The molecule has 1 aromatic heterocycles. The lowest BCUT2D eigenvalue weighted by Crippen LogP contribution is -2.30. The molecule has 2 rings (SSSR count). The summed E-state index contributed by atoms with van der Waals surface area (Å²) in [6, 6.07) is 8.43. The van der Waals surface area contributed by atoms with Gasteiger partial charge in [0.25, 0.3) is 0 Å². The lowest BCUT2D eigenvalue weighted by Gasteiger charge is -2.12. The number of rotatable bonds is 5. The Morgan fingerprint density at radius 3 is 2.36 bits per heavy atom. The molecular weight excluding hydrogens is 292 g/mol. The highest BCUT2D eigenvalue weighted by Gasteiger charge is 2.02. The second-order valence-electron chi connectivity index (χ2n) is 5.76. The molecule has 0 fully saturated rings. The number of benzene rings is 1. The van der Waals surface area contributed by atoms with Crippen molar-refractivity contribution in [2.45, 2.75) is 40.7 Å². The minimum Gasteiger partial charge on any atom is -0.362 e. The SMILES string of the molecule is Cc1cc(C)cc(NC(=S)NCCCn2nc(C)cc2C)c1. The first-order valence-corrected chi connectivity index (χ1v) is 7.99. The Labute approximate surface area is 137 Å². The number of nitrogens with zero attached hydrogens (tertiary/aromatic N) is 2. The number of hydrogen-bond donors (Lipinski definition) is 2. The maximum atomic E-state index is 5.34. The summed E-state index contributed by atoms with van der Waals surface area (Å²) in [7, 11) is 0. The maximum absolute atomic E-state index is 5.34. The minimum absolute atomic E-state index is 0.665. The second-order valence-corrected chi connectivity index (χ2v) is 6.17. The summed E-state index contributed by atoms with van der Waals surface area (Å²) in [4.78, 5) is 0. The third kappa shape index (κ3) is 4.84. The van der Waals surface area contributed by atoms with Gasteiger partial charge < -0.3 is 10.6 Å². The Balaban J connectivity index is 1.75. The van der Waals surface area contributed by atoms with Crippen molar-refractivity contribution in [3.63, 3.8) is 0 Å². The van der Waals surface area contributed by atoms with Crippen molar-refractivity contribution in [2.75, 3.05) is 11.9 Å². The highest BCUT2D eigenvalue weighted by atomic mass is 32.1. The fraction of sp³-hybridized carbons (Fsp3) is 0.412. The van der Waals surface area contributed by atoms with Gasteiger partial charge in [0, 0.05) is 24.5 Å². The van der Waals surface area contributed by atoms with E-state index in [-0.39, 0.29) is 0 Å². The molecule has 1 heterocycles. The molecule has 22 heavy (non-hydrogen) atoms. The van der Waals surface area contributed by atoms with E-state index in [9.17, 15) is 0 Å². The highest BCUT2D eigenvalue weighted by Crippen LogP contribution is 2.13. The van der Waals surface area contributed by atoms with Crippen LogP contribution in [0, 0.1) is 27.7 Å². The van der Waals surface area contributed by atoms with Crippen LogP contribution in [0.25, 0.3) is 0 Å². The van der Waals surface area contributed by atoms with Crippen LogP contribution in [0.1, 0.15) is 28.9 Å². The summed E-state index contributed by atoms with van der Waals surface area (Å²) in [5.74, 6) is 0. The minimum atomic E-state index is 0.665. The predicted molar refractivity (Wildman–Crippen MR) is 96.5 cm³/mol. The Hall–Kier alpha value is -1.88. The van der Waals surface area contributed by atoms with Gasteiger partial charge in [0.1, 0.15) is 0 Å². The number of aryl methyl sites for hydroxylation is 5. The quantitative estimate of drug-likeness (QED) is 0.654. The molecule has 1 aromatic carbocycles. The van der Waals surface area contributed by atoms with Crippen LogP contribution in [-0.4, -0.2) is 21.4 Å². The van der Waals surface area contributed by atoms with E-state index in [1.807, 2.05) is 11.6 Å². The molecule has 0 saturated carbocycles. The average Bonchev–Trinajstić information content (AvgIpc) is 2.72. The van der Waals surface area contributed by atoms with Gasteiger partial charge >= 0.3 is 0 Å². The fourth-order valence-electron chi connectivity index (χ4n) is 2.55. The van der Waals surface area contributed by atoms with E-state index >= 15 is 0 Å². The second kappa shape index (κ2) is 7.40. The Bertz CT molecular complexity index is 640. The summed E-state index contributed by atoms with van der Waals surface area (Å²) in [5.41, 5.74) is 5.77. The number of aromatic nitrogens is 2. The monoisotopic (exact) mass is 316 g/mol. The largest absolute Gasteiger partial charge is 0.362 e. The fourth-order valence-corrected chi connectivity index (χ4v) is 2.77. The van der Waals surface area contributed by atoms with Gasteiger partial charge in [-0.3, -0.25) is 4.68 Å². The molecule has 0 unspecified atom stereocenters. The van der Waals surface area contributed by atoms with Crippen molar-refractivity contribution in [3.05, 3.63) is 46.8 Å². The maximum Gasteiger partial charge on any atom is 0.170 e. The lowest BCUT2D eigenvalue weighted by molar-refractivity contribution is 0.558. The number of nitrogens with one attached hydrogen (secondary N) is 2. The highest BCUT2D eigenvalue weighted by molar-refractivity contribution is 7.80. The van der Waals surface area contributed by atoms with E-state index in [4.69, 9.17) is 12.2 Å². The van der Waals surface area contributed by atoms with Crippen LogP contribution in [0.4, 0.5) is 5.69 Å². The van der Waals surface area contributed by atoms with Crippen LogP contribution in [-0.2, 0) is 6.54 Å². The van der Waals surface area contributed by atoms with Gasteiger partial charge in [-0.2, -0.15) is 5.10 Å². The first-order chi connectivity index (χ1) is 10.4. The molecule has 2 N–H and O–H groups in total. The van der Waals surface area contributed by atoms with Gasteiger partial charge in [-0.15, -0.1) is 0 Å². The van der Waals surface area contributed by atoms with Crippen molar-refractivity contribution >= 4 is 23.0 Å². The van der Waals surface area contributed by atoms with Gasteiger partial charge in [0.05, 0.1) is 5.69 Å². The molecule has 118 valence electrons. The average molecular weight is 316 g/mol. The van der Waals surface area contributed by atoms with E-state index in [1.54, 1.807) is 0 Å². The molecule has 2 aromatic rings. The molecule has 5 heteroatoms. The predicted octanol–water partition coefficient (Wildman–Crippen LogP) is 3.49. The summed E-state index contributed by atoms with van der Waals surface area (Å²) in [6.07, 6.45) is 0.983. The normalized spacial score (nSPS) is 10.5. The van der Waals surface area contributed by atoms with Gasteiger partial charge in [0.2, 0.25) is 0 Å². The van der Waals surface area contributed by atoms with Crippen molar-refractivity contribution in [1.29, 1.82) is 0 Å². The first kappa shape index (κ1) is 16.5. The van der Waals surface area contributed by atoms with Crippen molar-refractivity contribution in [3.8, 4) is 0 Å². The molecule has 0 aliphatic heterocycles. The molecule has 4 nitrogen and oxygen atoms in total. The van der Waals surface area contributed by atoms with Crippen LogP contribution in [0.5, 0.6) is 0 Å². The third-order valence-electron chi connectivity index (χ3n) is 3.42. The third-order valence-corrected chi connectivity index (χ3v) is 3.66. The first-order valence-electron chi connectivity index (χ1n) is 7.58. The zero-order valence-electron chi connectivity index (χ0n) is 13.7. The van der Waals surface area contributed by atoms with E-state index in [1.165, 1.54) is 16.8 Å². The van der Waals surface area contributed by atoms with E-state index in [0.29, 0.717) is 5.11 Å². The van der Waals surface area contributed by atoms with Crippen molar-refractivity contribution < 1.29 is 0 Å². The summed E-state index contributed by atoms with van der Waals surface area (Å²) in [5, 5.41) is 11.6. The number of thiocarbonyl (C=S) groups is 1. The Morgan fingerprint density at radius 2 is 1.77 bits per heavy atom. The van der Waals surface area contributed by atoms with Crippen molar-refractivity contribution in [2.24, 2.45) is 0 Å². The smallest absolute Gasteiger partial charge is 0.170 e. The summed E-state index contributed by atoms with van der Waals surface area (Å²) >= 11 is 5.34. The number of anilines is 1. The van der Waals surface area contributed by atoms with E-state index < -0.39 is 0 Å². The topological polar surface area (TPSA) is 41.9 Å². The van der Waals surface area contributed by atoms with Gasteiger partial charge in [-0.1, -0.05) is 6.07 Å². The van der Waals surface area contributed by atoms with E-state index in [0.717, 1.165) is 30.9 Å². The van der Waals surface area contributed by atoms with E-state index in [2.05, 4.69) is 60.8 Å². The molecule has 0 aliphatic carbocycles. The van der Waals surface area contributed by atoms with Gasteiger partial charge in [-0.05, 0) is 75.7 Å². The summed E-state index contributed by atoms with van der Waals surface area (Å²) < 4.78 is 2.04. The Morgan fingerprint density at radius 1 is 1.09 bits per heavy atom. The van der Waals surface area contributed by atoms with Crippen molar-refractivity contribution in [1.82, 2.24) is 15.1 Å². The van der Waals surface area contributed by atoms with Gasteiger partial charge in [0.15, 0.2) is 5.11 Å². The molecule has 0 amide bonds. The Kier molecular flexibility index (Phi) is 5.55. The van der Waals surface area contributed by atoms with Crippen LogP contribution in [0.15, 0.2) is 24.3 Å². The van der Waals surface area contributed by atoms with Crippen LogP contribution >= 0.6 is 12.2 Å². The molecule has 0 bridgehead atoms. The number of hydrogen-bond acceptors (Lipinski definition) is 2. The zero-order chi connectivity index (χ0) is 16.1. The molecule has 0 saturated heterocycles. The van der Waals surface area contributed by atoms with Gasteiger partial charge in [-0.25, -0.2) is 0 Å². The van der Waals surface area contributed by atoms with Crippen LogP contribution in [0.2, 0.25) is 0 Å². The molecular formula is C17H24N4S. The van der Waals surface area contributed by atoms with Crippen LogP contribution < -0.4 is 10.6 Å². The van der Waals surface area contributed by atoms with Crippen LogP contribution in [0.3, 0.4) is 0 Å². The zero-order valence-corrected chi connectivity index (χ0v) is 14.5. The molecule has 0 aliphatic rings. The summed E-state index contributed by atoms with van der Waals surface area (Å²) in [6.45, 7) is 10.0. The molecule has 0 radical (unpaired) electrons. The molecule has 0 spiro atoms. The molecule has 0 atom stereocenters.